The number of aromatic nitrogens is 2. The van der Waals surface area contributed by atoms with Crippen LogP contribution in [0, 0.1) is 0 Å². The van der Waals surface area contributed by atoms with Crippen LogP contribution < -0.4 is 10.9 Å². The van der Waals surface area contributed by atoms with Crippen molar-refractivity contribution >= 4 is 22.8 Å². The Morgan fingerprint density at radius 1 is 1.41 bits per heavy atom. The van der Waals surface area contributed by atoms with E-state index >= 15 is 0 Å². The summed E-state index contributed by atoms with van der Waals surface area (Å²) in [5, 5.41) is 2.84. The number of esters is 1. The number of carbonyl (C=O) groups is 2. The monoisotopic (exact) mass is 301 g/mol. The molecule has 0 aliphatic carbocycles. The Morgan fingerprint density at radius 2 is 2.23 bits per heavy atom. The van der Waals surface area contributed by atoms with E-state index in [2.05, 4.69) is 10.3 Å². The van der Waals surface area contributed by atoms with Crippen LogP contribution in [0.1, 0.15) is 22.6 Å². The Bertz CT molecular complexity index is 825. The molecular formula is C15H15N3O4. The summed E-state index contributed by atoms with van der Waals surface area (Å²) < 4.78 is 6.56. The Labute approximate surface area is 125 Å². The molecule has 0 fully saturated rings. The number of carbonyl (C=O) groups excluding carboxylic acids is 2. The molecule has 1 aliphatic rings. The van der Waals surface area contributed by atoms with Crippen molar-refractivity contribution in [1.29, 1.82) is 0 Å². The van der Waals surface area contributed by atoms with Gasteiger partial charge in [-0.05, 0) is 24.6 Å². The fourth-order valence-corrected chi connectivity index (χ4v) is 2.50. The lowest BCUT2D eigenvalue weighted by atomic mass is 10.1. The number of hydrogen-bond donors (Lipinski definition) is 1. The molecule has 114 valence electrons. The average Bonchev–Trinajstić information content (AvgIpc) is 3.00. The van der Waals surface area contributed by atoms with Gasteiger partial charge in [-0.15, -0.1) is 0 Å². The molecule has 0 spiro atoms. The highest BCUT2D eigenvalue weighted by Gasteiger charge is 2.17. The van der Waals surface area contributed by atoms with Crippen molar-refractivity contribution in [3.05, 3.63) is 39.9 Å². The third-order valence-corrected chi connectivity index (χ3v) is 3.67. The van der Waals surface area contributed by atoms with Crippen molar-refractivity contribution in [2.45, 2.75) is 19.4 Å². The topological polar surface area (TPSA) is 90.3 Å². The zero-order valence-electron chi connectivity index (χ0n) is 12.1. The first kappa shape index (κ1) is 14.2. The fraction of sp³-hybridized carbons (Fsp3) is 0.333. The summed E-state index contributed by atoms with van der Waals surface area (Å²) in [5.74, 6) is -0.260. The van der Waals surface area contributed by atoms with Crippen LogP contribution in [-0.2, 0) is 22.5 Å². The van der Waals surface area contributed by atoms with Crippen LogP contribution in [0.3, 0.4) is 0 Å². The van der Waals surface area contributed by atoms with E-state index in [1.165, 1.54) is 19.2 Å². The number of ether oxygens (including phenoxy) is 1. The first-order valence-electron chi connectivity index (χ1n) is 7.01. The lowest BCUT2D eigenvalue weighted by Crippen LogP contribution is -2.25. The second-order valence-corrected chi connectivity index (χ2v) is 5.07. The van der Waals surface area contributed by atoms with Gasteiger partial charge in [-0.3, -0.25) is 14.2 Å². The molecule has 0 atom stereocenters. The molecule has 1 amide bonds. The van der Waals surface area contributed by atoms with Crippen molar-refractivity contribution in [2.24, 2.45) is 0 Å². The number of fused-ring (bicyclic) bond motifs is 2. The van der Waals surface area contributed by atoms with Gasteiger partial charge in [0, 0.05) is 20.0 Å². The summed E-state index contributed by atoms with van der Waals surface area (Å²) >= 11 is 0. The van der Waals surface area contributed by atoms with E-state index < -0.39 is 5.97 Å². The third kappa shape index (κ3) is 2.45. The molecule has 0 saturated heterocycles. The molecule has 2 aromatic rings. The predicted molar refractivity (Wildman–Crippen MR) is 78.7 cm³/mol. The molecular weight excluding hydrogens is 286 g/mol. The standard InChI is InChI=1S/C15H15N3O4/c1-16-13(19)8-22-15(21)9-4-5-10-11(7-9)17-12-3-2-6-18(12)14(10)20/h4-5,7H,2-3,6,8H2,1H3,(H,16,19). The van der Waals surface area contributed by atoms with Crippen molar-refractivity contribution in [1.82, 2.24) is 14.9 Å². The minimum absolute atomic E-state index is 0.0808. The summed E-state index contributed by atoms with van der Waals surface area (Å²) in [6.07, 6.45) is 1.66. The Hall–Kier alpha value is -2.70. The van der Waals surface area contributed by atoms with Crippen LogP contribution in [0.25, 0.3) is 10.9 Å². The van der Waals surface area contributed by atoms with Gasteiger partial charge in [0.1, 0.15) is 5.82 Å². The number of rotatable bonds is 3. The van der Waals surface area contributed by atoms with E-state index in [1.54, 1.807) is 10.6 Å². The maximum atomic E-state index is 12.3. The highest BCUT2D eigenvalue weighted by Crippen LogP contribution is 2.16. The molecule has 1 N–H and O–H groups in total. The van der Waals surface area contributed by atoms with Crippen molar-refractivity contribution in [3.63, 3.8) is 0 Å². The minimum Gasteiger partial charge on any atom is -0.452 e. The lowest BCUT2D eigenvalue weighted by molar-refractivity contribution is -0.123. The first-order valence-corrected chi connectivity index (χ1v) is 7.01. The zero-order valence-corrected chi connectivity index (χ0v) is 12.1. The number of amides is 1. The highest BCUT2D eigenvalue weighted by molar-refractivity contribution is 5.95. The highest BCUT2D eigenvalue weighted by atomic mass is 16.5. The lowest BCUT2D eigenvalue weighted by Gasteiger charge is -2.07. The zero-order chi connectivity index (χ0) is 15.7. The van der Waals surface area contributed by atoms with Gasteiger partial charge < -0.3 is 10.1 Å². The summed E-state index contributed by atoms with van der Waals surface area (Å²) in [6, 6.07) is 4.62. The normalized spacial score (nSPS) is 13.0. The average molecular weight is 301 g/mol. The number of aryl methyl sites for hydroxylation is 1. The maximum absolute atomic E-state index is 12.3. The summed E-state index contributed by atoms with van der Waals surface area (Å²) in [4.78, 5) is 39.8. The third-order valence-electron chi connectivity index (χ3n) is 3.67. The van der Waals surface area contributed by atoms with Crippen LogP contribution >= 0.6 is 0 Å². The summed E-state index contributed by atoms with van der Waals surface area (Å²) in [6.45, 7) is 0.348. The van der Waals surface area contributed by atoms with Gasteiger partial charge >= 0.3 is 5.97 Å². The second-order valence-electron chi connectivity index (χ2n) is 5.07. The Kier molecular flexibility index (Phi) is 3.62. The van der Waals surface area contributed by atoms with E-state index in [-0.39, 0.29) is 23.6 Å². The van der Waals surface area contributed by atoms with Gasteiger partial charge in [-0.25, -0.2) is 9.78 Å². The molecule has 22 heavy (non-hydrogen) atoms. The predicted octanol–water partition coefficient (Wildman–Crippen LogP) is 0.245. The van der Waals surface area contributed by atoms with Gasteiger partial charge in [0.2, 0.25) is 0 Å². The Balaban J connectivity index is 1.93. The SMILES string of the molecule is CNC(=O)COC(=O)c1ccc2c(=O)n3c(nc2c1)CCC3. The van der Waals surface area contributed by atoms with E-state index in [0.29, 0.717) is 17.4 Å². The fourth-order valence-electron chi connectivity index (χ4n) is 2.50. The quantitative estimate of drug-likeness (QED) is 0.820. The van der Waals surface area contributed by atoms with Crippen LogP contribution in [0.5, 0.6) is 0 Å². The molecule has 2 heterocycles. The molecule has 3 rings (SSSR count). The number of benzene rings is 1. The van der Waals surface area contributed by atoms with Gasteiger partial charge in [-0.2, -0.15) is 0 Å². The summed E-state index contributed by atoms with van der Waals surface area (Å²) in [5.41, 5.74) is 0.668. The molecule has 1 aliphatic heterocycles. The number of nitrogens with zero attached hydrogens (tertiary/aromatic N) is 2. The molecule has 0 saturated carbocycles. The van der Waals surface area contributed by atoms with E-state index in [4.69, 9.17) is 4.74 Å². The number of hydrogen-bond acceptors (Lipinski definition) is 5. The minimum atomic E-state index is -0.618. The van der Waals surface area contributed by atoms with Gasteiger partial charge in [0.25, 0.3) is 11.5 Å². The van der Waals surface area contributed by atoms with E-state index in [0.717, 1.165) is 18.7 Å². The second kappa shape index (κ2) is 5.59. The van der Waals surface area contributed by atoms with Crippen LogP contribution in [0.2, 0.25) is 0 Å². The first-order chi connectivity index (χ1) is 10.6. The van der Waals surface area contributed by atoms with Crippen molar-refractivity contribution in [3.8, 4) is 0 Å². The number of likely N-dealkylation sites (N-methyl/N-ethyl adjacent to an activating group) is 1. The van der Waals surface area contributed by atoms with Crippen LogP contribution in [0.15, 0.2) is 23.0 Å². The molecule has 1 aromatic heterocycles. The molecule has 7 heteroatoms. The van der Waals surface area contributed by atoms with Gasteiger partial charge in [0.15, 0.2) is 6.61 Å². The maximum Gasteiger partial charge on any atom is 0.338 e. The molecule has 0 radical (unpaired) electrons. The molecule has 0 bridgehead atoms. The molecule has 1 aromatic carbocycles. The van der Waals surface area contributed by atoms with E-state index in [9.17, 15) is 14.4 Å². The van der Waals surface area contributed by atoms with E-state index in [1.807, 2.05) is 0 Å². The largest absolute Gasteiger partial charge is 0.452 e. The van der Waals surface area contributed by atoms with Crippen LogP contribution in [0.4, 0.5) is 0 Å². The van der Waals surface area contributed by atoms with Crippen LogP contribution in [-0.4, -0.2) is 35.1 Å². The smallest absolute Gasteiger partial charge is 0.338 e. The van der Waals surface area contributed by atoms with Gasteiger partial charge in [-0.1, -0.05) is 0 Å². The van der Waals surface area contributed by atoms with Crippen molar-refractivity contribution in [2.75, 3.05) is 13.7 Å². The summed E-state index contributed by atoms with van der Waals surface area (Å²) in [7, 11) is 1.46. The molecule has 0 unspecified atom stereocenters. The van der Waals surface area contributed by atoms with Crippen molar-refractivity contribution < 1.29 is 14.3 Å². The Morgan fingerprint density at radius 3 is 3.00 bits per heavy atom. The van der Waals surface area contributed by atoms with Gasteiger partial charge in [0.05, 0.1) is 16.5 Å². The number of nitrogens with one attached hydrogen (secondary N) is 1. The molecule has 7 nitrogen and oxygen atoms in total.